The van der Waals surface area contributed by atoms with Crippen LogP contribution in [0.5, 0.6) is 17.2 Å². The summed E-state index contributed by atoms with van der Waals surface area (Å²) in [7, 11) is 0.422. The Kier molecular flexibility index (Phi) is 7.47. The van der Waals surface area contributed by atoms with Crippen LogP contribution in [0.25, 0.3) is 12.2 Å². The number of benzene rings is 2. The fourth-order valence-electron chi connectivity index (χ4n) is 2.87. The average Bonchev–Trinajstić information content (AvgIpc) is 3.30. The molecule has 2 aromatic carbocycles. The second kappa shape index (κ2) is 10.1. The van der Waals surface area contributed by atoms with Gasteiger partial charge in [-0.2, -0.15) is 18.2 Å². The van der Waals surface area contributed by atoms with Crippen LogP contribution in [0.3, 0.4) is 0 Å². The van der Waals surface area contributed by atoms with Crippen LogP contribution in [0.1, 0.15) is 22.8 Å². The van der Waals surface area contributed by atoms with Crippen LogP contribution in [-0.4, -0.2) is 39.9 Å². The maximum atomic E-state index is 12.8. The zero-order valence-corrected chi connectivity index (χ0v) is 19.0. The molecule has 0 unspecified atom stereocenters. The first-order valence-electron chi connectivity index (χ1n) is 9.55. The Morgan fingerprint density at radius 3 is 2.26 bits per heavy atom. The summed E-state index contributed by atoms with van der Waals surface area (Å²) in [6.07, 6.45) is -2.21. The number of methoxy groups -OCH3 is 3. The molecule has 0 atom stereocenters. The number of hydrogen-bond acceptors (Lipinski definition) is 8. The van der Waals surface area contributed by atoms with E-state index in [9.17, 15) is 21.6 Å². The van der Waals surface area contributed by atoms with E-state index < -0.39 is 22.1 Å². The second-order valence-corrected chi connectivity index (χ2v) is 8.49. The fraction of sp³-hybridized carbons (Fsp3) is 0.238. The van der Waals surface area contributed by atoms with Gasteiger partial charge in [0.1, 0.15) is 0 Å². The lowest BCUT2D eigenvalue weighted by molar-refractivity contribution is -0.159. The van der Waals surface area contributed by atoms with E-state index in [2.05, 4.69) is 19.4 Å². The first-order valence-corrected chi connectivity index (χ1v) is 11.0. The van der Waals surface area contributed by atoms with Crippen LogP contribution < -0.4 is 18.9 Å². The van der Waals surface area contributed by atoms with Crippen molar-refractivity contribution in [2.45, 2.75) is 17.6 Å². The van der Waals surface area contributed by atoms with Crippen molar-refractivity contribution in [2.75, 3.05) is 21.3 Å². The van der Waals surface area contributed by atoms with Gasteiger partial charge in [0.25, 0.3) is 0 Å². The summed E-state index contributed by atoms with van der Waals surface area (Å²) >= 11 is 0. The Bertz CT molecular complexity index is 1260. The maximum absolute atomic E-state index is 12.8. The van der Waals surface area contributed by atoms with E-state index in [-0.39, 0.29) is 17.3 Å². The van der Waals surface area contributed by atoms with Crippen molar-refractivity contribution >= 4 is 22.2 Å². The number of sulfonamides is 1. The molecule has 3 aromatic rings. The van der Waals surface area contributed by atoms with Crippen molar-refractivity contribution in [3.63, 3.8) is 0 Å². The standard InChI is InChI=1S/C21H20F3N3O6S/c1-30-16-10-14(11-17(31-2)19(16)32-3)12-25-34(28,29)15-6-4-5-13(9-15)7-8-18-26-20(33-27-18)21(22,23)24/h4-11,25H,12H2,1-3H3/b8-7+. The highest BCUT2D eigenvalue weighted by molar-refractivity contribution is 7.89. The number of halogens is 3. The molecule has 0 saturated carbocycles. The van der Waals surface area contributed by atoms with Crippen LogP contribution in [0.15, 0.2) is 45.8 Å². The summed E-state index contributed by atoms with van der Waals surface area (Å²) in [5.74, 6) is -0.655. The highest BCUT2D eigenvalue weighted by Gasteiger charge is 2.38. The van der Waals surface area contributed by atoms with Crippen molar-refractivity contribution in [3.05, 3.63) is 59.2 Å². The van der Waals surface area contributed by atoms with Crippen molar-refractivity contribution in [2.24, 2.45) is 0 Å². The summed E-state index contributed by atoms with van der Waals surface area (Å²) in [5.41, 5.74) is 0.959. The molecule has 13 heteroatoms. The fourth-order valence-corrected chi connectivity index (χ4v) is 3.95. The molecule has 0 aliphatic heterocycles. The van der Waals surface area contributed by atoms with Gasteiger partial charge in [0.05, 0.1) is 26.2 Å². The maximum Gasteiger partial charge on any atom is 0.471 e. The molecule has 1 aromatic heterocycles. The minimum Gasteiger partial charge on any atom is -0.493 e. The highest BCUT2D eigenvalue weighted by atomic mass is 32.2. The third-order valence-corrected chi connectivity index (χ3v) is 5.87. The smallest absolute Gasteiger partial charge is 0.471 e. The molecule has 0 radical (unpaired) electrons. The van der Waals surface area contributed by atoms with E-state index in [1.54, 1.807) is 18.2 Å². The zero-order chi connectivity index (χ0) is 24.9. The van der Waals surface area contributed by atoms with Crippen molar-refractivity contribution in [1.82, 2.24) is 14.9 Å². The van der Waals surface area contributed by atoms with Crippen LogP contribution in [0.4, 0.5) is 13.2 Å². The SMILES string of the molecule is COc1cc(CNS(=O)(=O)c2cccc(/C=C/c3noc(C(F)(F)F)n3)c2)cc(OC)c1OC. The molecule has 0 amide bonds. The van der Waals surface area contributed by atoms with E-state index in [1.165, 1.54) is 51.7 Å². The Morgan fingerprint density at radius 1 is 1.03 bits per heavy atom. The van der Waals surface area contributed by atoms with E-state index in [0.717, 1.165) is 0 Å². The Balaban J connectivity index is 1.76. The number of ether oxygens (including phenoxy) is 3. The summed E-state index contributed by atoms with van der Waals surface area (Å²) < 4.78 is 85.7. The van der Waals surface area contributed by atoms with E-state index in [0.29, 0.717) is 28.4 Å². The lowest BCUT2D eigenvalue weighted by atomic mass is 10.2. The predicted molar refractivity (Wildman–Crippen MR) is 115 cm³/mol. The third kappa shape index (κ3) is 5.85. The average molecular weight is 499 g/mol. The van der Waals surface area contributed by atoms with Gasteiger partial charge >= 0.3 is 12.1 Å². The largest absolute Gasteiger partial charge is 0.493 e. The summed E-state index contributed by atoms with van der Waals surface area (Å²) in [6, 6.07) is 9.01. The van der Waals surface area contributed by atoms with Crippen LogP contribution >= 0.6 is 0 Å². The van der Waals surface area contributed by atoms with Gasteiger partial charge in [-0.15, -0.1) is 0 Å². The molecule has 0 bridgehead atoms. The first-order chi connectivity index (χ1) is 16.1. The van der Waals surface area contributed by atoms with E-state index in [4.69, 9.17) is 14.2 Å². The molecular formula is C21H20F3N3O6S. The molecule has 0 fully saturated rings. The molecule has 0 aliphatic carbocycles. The Hall–Kier alpha value is -3.58. The number of hydrogen-bond donors (Lipinski definition) is 1. The number of rotatable bonds is 9. The summed E-state index contributed by atoms with van der Waals surface area (Å²) in [4.78, 5) is 3.17. The Labute approximate surface area is 193 Å². The van der Waals surface area contributed by atoms with E-state index >= 15 is 0 Å². The van der Waals surface area contributed by atoms with Crippen LogP contribution in [-0.2, 0) is 22.7 Å². The minimum absolute atomic E-state index is 0.0498. The zero-order valence-electron chi connectivity index (χ0n) is 18.2. The number of nitrogens with one attached hydrogen (secondary N) is 1. The molecule has 1 N–H and O–H groups in total. The highest BCUT2D eigenvalue weighted by Crippen LogP contribution is 2.38. The van der Waals surface area contributed by atoms with Gasteiger partial charge in [0.2, 0.25) is 15.8 Å². The van der Waals surface area contributed by atoms with Gasteiger partial charge in [-0.1, -0.05) is 23.4 Å². The van der Waals surface area contributed by atoms with Crippen LogP contribution in [0, 0.1) is 0 Å². The lowest BCUT2D eigenvalue weighted by Gasteiger charge is -2.14. The molecule has 182 valence electrons. The summed E-state index contributed by atoms with van der Waals surface area (Å²) in [6.45, 7) is -0.0673. The van der Waals surface area contributed by atoms with Crippen LogP contribution in [0.2, 0.25) is 0 Å². The molecule has 34 heavy (non-hydrogen) atoms. The van der Waals surface area contributed by atoms with Crippen molar-refractivity contribution < 1.29 is 40.3 Å². The lowest BCUT2D eigenvalue weighted by Crippen LogP contribution is -2.23. The third-order valence-electron chi connectivity index (χ3n) is 4.47. The quantitative estimate of drug-likeness (QED) is 0.474. The van der Waals surface area contributed by atoms with Gasteiger partial charge in [-0.05, 0) is 41.5 Å². The minimum atomic E-state index is -4.75. The number of aromatic nitrogens is 2. The van der Waals surface area contributed by atoms with Crippen molar-refractivity contribution in [3.8, 4) is 17.2 Å². The molecule has 1 heterocycles. The number of alkyl halides is 3. The van der Waals surface area contributed by atoms with Gasteiger partial charge < -0.3 is 18.7 Å². The molecule has 0 aliphatic rings. The van der Waals surface area contributed by atoms with Gasteiger partial charge in [-0.25, -0.2) is 13.1 Å². The second-order valence-electron chi connectivity index (χ2n) is 6.72. The van der Waals surface area contributed by atoms with Crippen molar-refractivity contribution in [1.29, 1.82) is 0 Å². The number of nitrogens with zero attached hydrogens (tertiary/aromatic N) is 2. The molecule has 0 spiro atoms. The van der Waals surface area contributed by atoms with Gasteiger partial charge in [0.15, 0.2) is 17.3 Å². The molecular weight excluding hydrogens is 479 g/mol. The topological polar surface area (TPSA) is 113 Å². The molecule has 0 saturated heterocycles. The predicted octanol–water partition coefficient (Wildman–Crippen LogP) is 3.76. The first kappa shape index (κ1) is 25.1. The monoisotopic (exact) mass is 499 g/mol. The molecule has 9 nitrogen and oxygen atoms in total. The normalized spacial score (nSPS) is 12.2. The summed E-state index contributed by atoms with van der Waals surface area (Å²) in [5, 5.41) is 3.22. The Morgan fingerprint density at radius 2 is 1.71 bits per heavy atom. The van der Waals surface area contributed by atoms with Gasteiger partial charge in [0, 0.05) is 6.54 Å². The van der Waals surface area contributed by atoms with Gasteiger partial charge in [-0.3, -0.25) is 0 Å². The molecule has 3 rings (SSSR count). The van der Waals surface area contributed by atoms with E-state index in [1.807, 2.05) is 0 Å².